The van der Waals surface area contributed by atoms with Crippen molar-refractivity contribution in [2.24, 2.45) is 5.73 Å². The van der Waals surface area contributed by atoms with Crippen LogP contribution in [-0.2, 0) is 0 Å². The van der Waals surface area contributed by atoms with Crippen LogP contribution in [-0.4, -0.2) is 6.04 Å². The molecule has 1 rings (SSSR count). The summed E-state index contributed by atoms with van der Waals surface area (Å²) < 4.78 is 0. The number of allylic oxidation sites excluding steroid dienone is 1. The Labute approximate surface area is 75.3 Å². The van der Waals surface area contributed by atoms with Crippen molar-refractivity contribution in [1.82, 2.24) is 0 Å². The van der Waals surface area contributed by atoms with Gasteiger partial charge in [0.05, 0.1) is 0 Å². The van der Waals surface area contributed by atoms with E-state index in [9.17, 15) is 0 Å². The van der Waals surface area contributed by atoms with Crippen molar-refractivity contribution in [2.75, 3.05) is 0 Å². The van der Waals surface area contributed by atoms with E-state index in [4.69, 9.17) is 5.73 Å². The summed E-state index contributed by atoms with van der Waals surface area (Å²) in [4.78, 5) is 0. The Hall–Kier alpha value is -0.560. The molecular formula is C11H19N. The maximum absolute atomic E-state index is 5.99. The highest BCUT2D eigenvalue weighted by atomic mass is 14.6. The summed E-state index contributed by atoms with van der Waals surface area (Å²) >= 11 is 0. The fourth-order valence-corrected chi connectivity index (χ4v) is 1.71. The predicted molar refractivity (Wildman–Crippen MR) is 54.0 cm³/mol. The van der Waals surface area contributed by atoms with Gasteiger partial charge in [0.2, 0.25) is 0 Å². The zero-order valence-electron chi connectivity index (χ0n) is 7.76. The van der Waals surface area contributed by atoms with Crippen LogP contribution >= 0.6 is 0 Å². The molecule has 0 aliphatic heterocycles. The molecule has 0 heterocycles. The molecule has 1 atom stereocenters. The van der Waals surface area contributed by atoms with Crippen molar-refractivity contribution < 1.29 is 0 Å². The van der Waals surface area contributed by atoms with E-state index in [1.165, 1.54) is 37.7 Å². The molecule has 2 N–H and O–H groups in total. The number of hydrogen-bond acceptors (Lipinski definition) is 1. The van der Waals surface area contributed by atoms with Gasteiger partial charge < -0.3 is 5.73 Å². The first kappa shape index (κ1) is 9.53. The summed E-state index contributed by atoms with van der Waals surface area (Å²) in [5.41, 5.74) is 7.44. The van der Waals surface area contributed by atoms with Gasteiger partial charge in [0.25, 0.3) is 0 Å². The number of rotatable bonds is 3. The Kier molecular flexibility index (Phi) is 4.09. The second kappa shape index (κ2) is 5.15. The first-order valence-electron chi connectivity index (χ1n) is 4.90. The van der Waals surface area contributed by atoms with Crippen LogP contribution in [0.25, 0.3) is 0 Å². The normalized spacial score (nSPS) is 20.9. The largest absolute Gasteiger partial charge is 0.324 e. The van der Waals surface area contributed by atoms with Crippen LogP contribution in [0.4, 0.5) is 0 Å². The van der Waals surface area contributed by atoms with Crippen LogP contribution in [0.1, 0.15) is 38.5 Å². The lowest BCUT2D eigenvalue weighted by Crippen LogP contribution is -2.21. The summed E-state index contributed by atoms with van der Waals surface area (Å²) in [6, 6.07) is 0.237. The van der Waals surface area contributed by atoms with Crippen LogP contribution in [0.15, 0.2) is 24.3 Å². The van der Waals surface area contributed by atoms with Gasteiger partial charge >= 0.3 is 0 Å². The Morgan fingerprint density at radius 2 is 2.33 bits per heavy atom. The minimum atomic E-state index is 0.237. The fourth-order valence-electron chi connectivity index (χ4n) is 1.71. The third-order valence-corrected chi connectivity index (χ3v) is 2.47. The predicted octanol–water partition coefficient (Wildman–Crippen LogP) is 2.78. The van der Waals surface area contributed by atoms with Gasteiger partial charge in [-0.3, -0.25) is 0 Å². The van der Waals surface area contributed by atoms with E-state index in [0.717, 1.165) is 6.42 Å². The highest BCUT2D eigenvalue weighted by Gasteiger charge is 2.08. The average molecular weight is 165 g/mol. The van der Waals surface area contributed by atoms with Crippen LogP contribution in [0.5, 0.6) is 0 Å². The Balaban J connectivity index is 2.46. The molecule has 0 aromatic heterocycles. The summed E-state index contributed by atoms with van der Waals surface area (Å²) in [5, 5.41) is 0. The van der Waals surface area contributed by atoms with Crippen LogP contribution in [0, 0.1) is 0 Å². The minimum absolute atomic E-state index is 0.237. The van der Waals surface area contributed by atoms with Gasteiger partial charge in [-0.25, -0.2) is 0 Å². The average Bonchev–Trinajstić information content (AvgIpc) is 2.32. The summed E-state index contributed by atoms with van der Waals surface area (Å²) in [6.45, 7) is 3.71. The van der Waals surface area contributed by atoms with Gasteiger partial charge in [-0.15, -0.1) is 6.58 Å². The van der Waals surface area contributed by atoms with Gasteiger partial charge in [0.15, 0.2) is 0 Å². The van der Waals surface area contributed by atoms with Gasteiger partial charge in [0, 0.05) is 6.04 Å². The van der Waals surface area contributed by atoms with Crippen LogP contribution in [0.2, 0.25) is 0 Å². The first-order chi connectivity index (χ1) is 5.84. The van der Waals surface area contributed by atoms with E-state index in [2.05, 4.69) is 12.7 Å². The van der Waals surface area contributed by atoms with Crippen molar-refractivity contribution in [2.45, 2.75) is 44.6 Å². The van der Waals surface area contributed by atoms with Crippen LogP contribution < -0.4 is 5.73 Å². The van der Waals surface area contributed by atoms with E-state index in [0.29, 0.717) is 0 Å². The van der Waals surface area contributed by atoms with Crippen molar-refractivity contribution in [3.63, 3.8) is 0 Å². The zero-order chi connectivity index (χ0) is 8.81. The molecule has 0 fully saturated rings. The Bertz CT molecular complexity index is 170. The first-order valence-corrected chi connectivity index (χ1v) is 4.90. The lowest BCUT2D eigenvalue weighted by Gasteiger charge is -2.12. The topological polar surface area (TPSA) is 26.0 Å². The zero-order valence-corrected chi connectivity index (χ0v) is 7.76. The van der Waals surface area contributed by atoms with Gasteiger partial charge in [0.1, 0.15) is 0 Å². The minimum Gasteiger partial charge on any atom is -0.324 e. The molecule has 0 amide bonds. The van der Waals surface area contributed by atoms with E-state index < -0.39 is 0 Å². The maximum atomic E-state index is 5.99. The van der Waals surface area contributed by atoms with Crippen molar-refractivity contribution in [3.05, 3.63) is 24.3 Å². The molecule has 1 aliphatic carbocycles. The standard InChI is InChI=1S/C11H19N/c1-2-7-11(12)10-8-5-3-4-6-9-10/h2,8,11H,1,3-7,9,12H2. The molecule has 0 saturated heterocycles. The fraction of sp³-hybridized carbons (Fsp3) is 0.636. The molecule has 68 valence electrons. The molecule has 0 aromatic rings. The van der Waals surface area contributed by atoms with Gasteiger partial charge in [-0.1, -0.05) is 24.1 Å². The van der Waals surface area contributed by atoms with Gasteiger partial charge in [-0.05, 0) is 32.1 Å². The third-order valence-electron chi connectivity index (χ3n) is 2.47. The summed E-state index contributed by atoms with van der Waals surface area (Å²) in [5.74, 6) is 0. The van der Waals surface area contributed by atoms with E-state index in [1.807, 2.05) is 6.08 Å². The monoisotopic (exact) mass is 165 g/mol. The summed E-state index contributed by atoms with van der Waals surface area (Å²) in [6.07, 6.45) is 11.6. The molecule has 1 unspecified atom stereocenters. The van der Waals surface area contributed by atoms with Crippen molar-refractivity contribution in [3.8, 4) is 0 Å². The number of nitrogens with two attached hydrogens (primary N) is 1. The van der Waals surface area contributed by atoms with Crippen LogP contribution in [0.3, 0.4) is 0 Å². The lowest BCUT2D eigenvalue weighted by atomic mass is 10.0. The maximum Gasteiger partial charge on any atom is 0.0288 e. The molecule has 1 nitrogen and oxygen atoms in total. The van der Waals surface area contributed by atoms with E-state index >= 15 is 0 Å². The quantitative estimate of drug-likeness (QED) is 0.639. The SMILES string of the molecule is C=CCC(N)C1=CCCCCC1. The molecule has 1 aliphatic rings. The van der Waals surface area contributed by atoms with Crippen molar-refractivity contribution in [1.29, 1.82) is 0 Å². The molecule has 1 heteroatoms. The molecular weight excluding hydrogens is 146 g/mol. The number of hydrogen-bond donors (Lipinski definition) is 1. The van der Waals surface area contributed by atoms with Gasteiger partial charge in [-0.2, -0.15) is 0 Å². The second-order valence-electron chi connectivity index (χ2n) is 3.51. The Morgan fingerprint density at radius 1 is 1.50 bits per heavy atom. The second-order valence-corrected chi connectivity index (χ2v) is 3.51. The molecule has 0 saturated carbocycles. The van der Waals surface area contributed by atoms with Crippen molar-refractivity contribution >= 4 is 0 Å². The molecule has 0 aromatic carbocycles. The third kappa shape index (κ3) is 2.82. The van der Waals surface area contributed by atoms with E-state index in [-0.39, 0.29) is 6.04 Å². The highest BCUT2D eigenvalue weighted by molar-refractivity contribution is 5.12. The summed E-state index contributed by atoms with van der Waals surface area (Å²) in [7, 11) is 0. The molecule has 0 spiro atoms. The Morgan fingerprint density at radius 3 is 3.08 bits per heavy atom. The smallest absolute Gasteiger partial charge is 0.0288 e. The lowest BCUT2D eigenvalue weighted by molar-refractivity contribution is 0.677. The molecule has 12 heavy (non-hydrogen) atoms. The molecule has 0 bridgehead atoms. The highest BCUT2D eigenvalue weighted by Crippen LogP contribution is 2.20. The van der Waals surface area contributed by atoms with E-state index in [1.54, 1.807) is 0 Å². The molecule has 0 radical (unpaired) electrons.